The average Bonchev–Trinajstić information content (AvgIpc) is 2.27. The molecule has 1 aromatic rings. The molecule has 7 heteroatoms. The number of pyridine rings is 1. The van der Waals surface area contributed by atoms with Crippen molar-refractivity contribution < 1.29 is 10.0 Å². The Hall–Kier alpha value is -0.790. The van der Waals surface area contributed by atoms with Crippen LogP contribution in [-0.4, -0.2) is 26.4 Å². The fourth-order valence-corrected chi connectivity index (χ4v) is 2.68. The zero-order valence-corrected chi connectivity index (χ0v) is 10.5. The second-order valence-electron chi connectivity index (χ2n) is 3.70. The Labute approximate surface area is 101 Å². The lowest BCUT2D eigenvalue weighted by Crippen LogP contribution is -2.18. The summed E-state index contributed by atoms with van der Waals surface area (Å²) < 4.78 is -0.256. The highest BCUT2D eigenvalue weighted by atomic mass is 33.1. The molecule has 16 heavy (non-hydrogen) atoms. The topological polar surface area (TPSA) is 76.3 Å². The van der Waals surface area contributed by atoms with Crippen LogP contribution in [0.1, 0.15) is 13.8 Å². The van der Waals surface area contributed by atoms with Crippen molar-refractivity contribution in [3.05, 3.63) is 28.4 Å². The number of hydrogen-bond donors (Lipinski definition) is 1. The molecular weight excluding hydrogens is 248 g/mol. The minimum absolute atomic E-state index is 0.0178. The molecule has 0 aromatic carbocycles. The van der Waals surface area contributed by atoms with Crippen LogP contribution in [0.3, 0.4) is 0 Å². The Balaban J connectivity index is 2.59. The Bertz CT molecular complexity index is 368. The van der Waals surface area contributed by atoms with Crippen molar-refractivity contribution in [2.75, 3.05) is 6.61 Å². The second-order valence-corrected chi connectivity index (χ2v) is 6.55. The molecule has 5 nitrogen and oxygen atoms in total. The summed E-state index contributed by atoms with van der Waals surface area (Å²) in [6.45, 7) is 3.89. The SMILES string of the molecule is CC(C)(CO)SSc1ccc([N+](=O)[O-])cn1. The van der Waals surface area contributed by atoms with Crippen LogP contribution in [0.15, 0.2) is 23.4 Å². The van der Waals surface area contributed by atoms with Gasteiger partial charge in [0.1, 0.15) is 11.2 Å². The van der Waals surface area contributed by atoms with E-state index in [0.717, 1.165) is 0 Å². The Morgan fingerprint density at radius 1 is 1.56 bits per heavy atom. The van der Waals surface area contributed by atoms with Crippen LogP contribution in [0.4, 0.5) is 5.69 Å². The number of hydrogen-bond acceptors (Lipinski definition) is 6. The number of rotatable bonds is 5. The maximum absolute atomic E-state index is 10.4. The highest BCUT2D eigenvalue weighted by Gasteiger charge is 2.18. The molecule has 0 aliphatic rings. The lowest BCUT2D eigenvalue weighted by molar-refractivity contribution is -0.385. The predicted octanol–water partition coefficient (Wildman–Crippen LogP) is 2.50. The van der Waals surface area contributed by atoms with Gasteiger partial charge < -0.3 is 5.11 Å². The van der Waals surface area contributed by atoms with E-state index in [2.05, 4.69) is 4.98 Å². The van der Waals surface area contributed by atoms with Gasteiger partial charge in [-0.3, -0.25) is 10.1 Å². The number of aliphatic hydroxyl groups excluding tert-OH is 1. The zero-order valence-electron chi connectivity index (χ0n) is 8.91. The molecule has 88 valence electrons. The Kier molecular flexibility index (Phi) is 4.57. The molecule has 0 bridgehead atoms. The average molecular weight is 260 g/mol. The summed E-state index contributed by atoms with van der Waals surface area (Å²) in [4.78, 5) is 13.9. The van der Waals surface area contributed by atoms with Gasteiger partial charge in [0, 0.05) is 10.8 Å². The summed E-state index contributed by atoms with van der Waals surface area (Å²) in [7, 11) is 2.88. The molecule has 1 heterocycles. The van der Waals surface area contributed by atoms with Crippen molar-refractivity contribution in [3.8, 4) is 0 Å². The van der Waals surface area contributed by atoms with E-state index in [1.54, 1.807) is 6.07 Å². The van der Waals surface area contributed by atoms with Crippen LogP contribution in [0.2, 0.25) is 0 Å². The van der Waals surface area contributed by atoms with Gasteiger partial charge in [-0.2, -0.15) is 0 Å². The minimum atomic E-state index is -0.480. The highest BCUT2D eigenvalue weighted by molar-refractivity contribution is 8.77. The summed E-state index contributed by atoms with van der Waals surface area (Å²) in [5.74, 6) is 0. The first kappa shape index (κ1) is 13.3. The lowest BCUT2D eigenvalue weighted by Gasteiger charge is -2.18. The molecule has 1 N–H and O–H groups in total. The normalized spacial score (nSPS) is 11.4. The van der Waals surface area contributed by atoms with E-state index in [1.165, 1.54) is 33.9 Å². The second kappa shape index (κ2) is 5.51. The number of nitro groups is 1. The molecule has 0 fully saturated rings. The quantitative estimate of drug-likeness (QED) is 0.498. The maximum Gasteiger partial charge on any atom is 0.287 e. The molecule has 0 unspecified atom stereocenters. The van der Waals surface area contributed by atoms with E-state index < -0.39 is 4.92 Å². The first-order chi connectivity index (χ1) is 7.44. The third-order valence-corrected chi connectivity index (χ3v) is 4.86. The van der Waals surface area contributed by atoms with E-state index >= 15 is 0 Å². The number of nitrogens with zero attached hydrogens (tertiary/aromatic N) is 2. The molecule has 0 spiro atoms. The largest absolute Gasteiger partial charge is 0.395 e. The smallest absolute Gasteiger partial charge is 0.287 e. The highest BCUT2D eigenvalue weighted by Crippen LogP contribution is 2.39. The van der Waals surface area contributed by atoms with Gasteiger partial charge in [-0.05, 0) is 30.7 Å². The molecule has 1 aromatic heterocycles. The number of aliphatic hydroxyl groups is 1. The van der Waals surface area contributed by atoms with E-state index in [9.17, 15) is 10.1 Å². The van der Waals surface area contributed by atoms with Crippen molar-refractivity contribution in [2.24, 2.45) is 0 Å². The monoisotopic (exact) mass is 260 g/mol. The first-order valence-electron chi connectivity index (χ1n) is 4.51. The van der Waals surface area contributed by atoms with Crippen molar-refractivity contribution >= 4 is 27.3 Å². The molecule has 0 aliphatic heterocycles. The lowest BCUT2D eigenvalue weighted by atomic mass is 10.2. The van der Waals surface area contributed by atoms with Gasteiger partial charge in [-0.15, -0.1) is 0 Å². The third-order valence-electron chi connectivity index (χ3n) is 1.66. The van der Waals surface area contributed by atoms with Crippen LogP contribution in [-0.2, 0) is 0 Å². The first-order valence-corrected chi connectivity index (χ1v) is 6.66. The van der Waals surface area contributed by atoms with Crippen molar-refractivity contribution in [1.29, 1.82) is 0 Å². The van der Waals surface area contributed by atoms with E-state index in [1.807, 2.05) is 13.8 Å². The van der Waals surface area contributed by atoms with Gasteiger partial charge in [0.25, 0.3) is 5.69 Å². The zero-order chi connectivity index (χ0) is 12.2. The fraction of sp³-hybridized carbons (Fsp3) is 0.444. The van der Waals surface area contributed by atoms with Gasteiger partial charge in [0.15, 0.2) is 0 Å². The summed E-state index contributed by atoms with van der Waals surface area (Å²) in [6.07, 6.45) is 1.23. The van der Waals surface area contributed by atoms with Gasteiger partial charge in [-0.1, -0.05) is 10.8 Å². The van der Waals surface area contributed by atoms with Gasteiger partial charge in [0.05, 0.1) is 11.5 Å². The van der Waals surface area contributed by atoms with E-state index in [4.69, 9.17) is 5.11 Å². The standard InChI is InChI=1S/C9H12N2O3S2/c1-9(2,6-12)16-15-8-4-3-7(5-10-8)11(13)14/h3-5,12H,6H2,1-2H3. The molecule has 0 saturated carbocycles. The van der Waals surface area contributed by atoms with Crippen molar-refractivity contribution in [2.45, 2.75) is 23.6 Å². The molecule has 1 rings (SSSR count). The maximum atomic E-state index is 10.4. The van der Waals surface area contributed by atoms with Crippen molar-refractivity contribution in [1.82, 2.24) is 4.98 Å². The molecule has 0 atom stereocenters. The summed E-state index contributed by atoms with van der Waals surface area (Å²) >= 11 is 0. The summed E-state index contributed by atoms with van der Waals surface area (Å²) in [6, 6.07) is 3.02. The van der Waals surface area contributed by atoms with Gasteiger partial charge in [0.2, 0.25) is 0 Å². The Morgan fingerprint density at radius 3 is 2.69 bits per heavy atom. The molecule has 0 radical (unpaired) electrons. The van der Waals surface area contributed by atoms with Crippen molar-refractivity contribution in [3.63, 3.8) is 0 Å². The molecule has 0 aliphatic carbocycles. The van der Waals surface area contributed by atoms with Crippen LogP contribution in [0.5, 0.6) is 0 Å². The van der Waals surface area contributed by atoms with Crippen LogP contribution >= 0.6 is 21.6 Å². The van der Waals surface area contributed by atoms with Crippen LogP contribution < -0.4 is 0 Å². The van der Waals surface area contributed by atoms with Crippen LogP contribution in [0, 0.1) is 10.1 Å². The van der Waals surface area contributed by atoms with E-state index in [-0.39, 0.29) is 17.0 Å². The summed E-state index contributed by atoms with van der Waals surface area (Å²) in [5, 5.41) is 20.1. The predicted molar refractivity (Wildman–Crippen MR) is 65.5 cm³/mol. The minimum Gasteiger partial charge on any atom is -0.395 e. The Morgan fingerprint density at radius 2 is 2.25 bits per heavy atom. The van der Waals surface area contributed by atoms with Gasteiger partial charge >= 0.3 is 0 Å². The van der Waals surface area contributed by atoms with Gasteiger partial charge in [-0.25, -0.2) is 4.98 Å². The number of aromatic nitrogens is 1. The molecular formula is C9H12N2O3S2. The fourth-order valence-electron chi connectivity index (χ4n) is 0.712. The molecule has 0 saturated heterocycles. The van der Waals surface area contributed by atoms with E-state index in [0.29, 0.717) is 5.03 Å². The van der Waals surface area contributed by atoms with Crippen LogP contribution in [0.25, 0.3) is 0 Å². The molecule has 0 amide bonds. The third kappa shape index (κ3) is 3.99. The summed E-state index contributed by atoms with van der Waals surface area (Å²) in [5.41, 5.74) is -0.0178.